The fourth-order valence-corrected chi connectivity index (χ4v) is 11.1. The van der Waals surface area contributed by atoms with E-state index in [0.717, 1.165) is 138 Å². The van der Waals surface area contributed by atoms with Crippen molar-refractivity contribution in [3.8, 4) is 0 Å². The molecule has 0 aliphatic heterocycles. The zero-order chi connectivity index (χ0) is 70.4. The van der Waals surface area contributed by atoms with Gasteiger partial charge in [0.1, 0.15) is 16.8 Å². The summed E-state index contributed by atoms with van der Waals surface area (Å²) in [5, 5.41) is 37.4. The first kappa shape index (κ1) is 94.9. The van der Waals surface area contributed by atoms with Crippen LogP contribution in [0.2, 0.25) is 0 Å². The summed E-state index contributed by atoms with van der Waals surface area (Å²) in [7, 11) is 0. The molecule has 4 N–H and O–H groups in total. The molecule has 17 heteroatoms. The van der Waals surface area contributed by atoms with Gasteiger partial charge in [0, 0.05) is 16.0 Å². The van der Waals surface area contributed by atoms with Gasteiger partial charge in [0.25, 0.3) is 6.47 Å². The molecular formula is C76H141Br3O14. The molecule has 550 valence electrons. The van der Waals surface area contributed by atoms with Crippen molar-refractivity contribution < 1.29 is 68.2 Å². The minimum atomic E-state index is -0.696. The molecule has 0 amide bonds. The van der Waals surface area contributed by atoms with Crippen molar-refractivity contribution >= 4 is 90.1 Å². The molecule has 14 nitrogen and oxygen atoms in total. The molecule has 0 heterocycles. The van der Waals surface area contributed by atoms with Gasteiger partial charge in [-0.3, -0.25) is 33.6 Å². The molecule has 0 aromatic carbocycles. The molecule has 0 aromatic rings. The number of carbonyl (C=O) groups is 7. The molecule has 4 aliphatic rings. The van der Waals surface area contributed by atoms with Gasteiger partial charge in [-0.05, 0) is 180 Å². The highest BCUT2D eigenvalue weighted by Crippen LogP contribution is 2.53. The average molecular weight is 1520 g/mol. The Balaban J connectivity index is -0.00000116. The number of alkyl halides is 3. The van der Waals surface area contributed by atoms with Crippen LogP contribution in [0.15, 0.2) is 0 Å². The third-order valence-corrected chi connectivity index (χ3v) is 20.1. The lowest BCUT2D eigenvalue weighted by Crippen LogP contribution is -2.29. The maximum Gasteiger partial charge on any atom is 0.312 e. The number of aliphatic carboxylic acids is 3. The molecule has 0 aromatic heterocycles. The van der Waals surface area contributed by atoms with Gasteiger partial charge in [0.15, 0.2) is 0 Å². The fourth-order valence-electron chi connectivity index (χ4n) is 10.7. The Labute approximate surface area is 593 Å². The van der Waals surface area contributed by atoms with E-state index in [2.05, 4.69) is 47.8 Å². The van der Waals surface area contributed by atoms with Crippen molar-refractivity contribution in [3.05, 3.63) is 0 Å². The van der Waals surface area contributed by atoms with E-state index in [9.17, 15) is 28.8 Å². The molecule has 0 atom stereocenters. The number of rotatable bonds is 45. The fraction of sp³-hybridized carbons (Fsp3) is 0.908. The second-order valence-corrected chi connectivity index (χ2v) is 33.7. The minimum Gasteiger partial charge on any atom is -0.483 e. The lowest BCUT2D eigenvalue weighted by molar-refractivity contribution is -0.163. The number of halogens is 3. The summed E-state index contributed by atoms with van der Waals surface area (Å²) in [6.07, 6.45) is 49.7. The largest absolute Gasteiger partial charge is 0.483 e. The van der Waals surface area contributed by atoms with Crippen LogP contribution in [0.4, 0.5) is 0 Å². The third kappa shape index (κ3) is 53.4. The van der Waals surface area contributed by atoms with E-state index in [0.29, 0.717) is 0 Å². The Morgan fingerprint density at radius 3 is 0.796 bits per heavy atom. The number of hydrogen-bond acceptors (Lipinski definition) is 10. The molecule has 0 radical (unpaired) electrons. The Hall–Kier alpha value is -2.27. The summed E-state index contributed by atoms with van der Waals surface area (Å²) in [4.78, 5) is 77.0. The molecule has 0 unspecified atom stereocenters. The normalized spacial score (nSPS) is 15.5. The van der Waals surface area contributed by atoms with Gasteiger partial charge in [0.05, 0.1) is 33.0 Å². The smallest absolute Gasteiger partial charge is 0.312 e. The van der Waals surface area contributed by atoms with E-state index in [1.165, 1.54) is 154 Å². The monoisotopic (exact) mass is 1510 g/mol. The lowest BCUT2D eigenvalue weighted by Gasteiger charge is -2.23. The van der Waals surface area contributed by atoms with Gasteiger partial charge >= 0.3 is 35.8 Å². The maximum atomic E-state index is 12.3. The van der Waals surface area contributed by atoms with Crippen LogP contribution < -0.4 is 0 Å². The van der Waals surface area contributed by atoms with E-state index in [4.69, 9.17) is 39.4 Å². The van der Waals surface area contributed by atoms with Crippen molar-refractivity contribution in [3.63, 3.8) is 0 Å². The summed E-state index contributed by atoms with van der Waals surface area (Å²) in [6.45, 7) is 24.4. The van der Waals surface area contributed by atoms with Gasteiger partial charge < -0.3 is 34.6 Å². The summed E-state index contributed by atoms with van der Waals surface area (Å²) < 4.78 is 16.3. The molecular weight excluding hydrogens is 1380 g/mol. The number of ether oxygens (including phenoxy) is 3. The highest BCUT2D eigenvalue weighted by molar-refractivity contribution is 9.12. The molecule has 93 heavy (non-hydrogen) atoms. The van der Waals surface area contributed by atoms with E-state index in [1.54, 1.807) is 13.8 Å². The molecule has 4 saturated carbocycles. The van der Waals surface area contributed by atoms with E-state index >= 15 is 0 Å². The van der Waals surface area contributed by atoms with Crippen molar-refractivity contribution in [1.82, 2.24) is 0 Å². The number of esters is 3. The Bertz CT molecular complexity index is 1940. The van der Waals surface area contributed by atoms with Crippen LogP contribution in [0, 0.1) is 33.0 Å². The van der Waals surface area contributed by atoms with Gasteiger partial charge in [-0.2, -0.15) is 0 Å². The average Bonchev–Trinajstić information content (AvgIpc) is 1.67. The third-order valence-electron chi connectivity index (χ3n) is 17.7. The zero-order valence-electron chi connectivity index (χ0n) is 60.7. The van der Waals surface area contributed by atoms with E-state index in [-0.39, 0.29) is 70.8 Å². The summed E-state index contributed by atoms with van der Waals surface area (Å²) >= 11 is 9.88. The zero-order valence-corrected chi connectivity index (χ0v) is 65.4. The SMILES string of the molecule is BrCCBr.C.CC(C)(C)OC(=O)C1(CCCCCCCCCCCCBr)CC1.CC(C)(C)OC(=O)C1(CCCCCCCCCCCCC(C)(C)C(=O)O)CC1.CC(C)(C)OC(=O)C1CC1.CC(C)(CCCCCCCCCCCCC1(C(=O)O)CC1)C(=O)O.O=CO. The van der Waals surface area contributed by atoms with Crippen LogP contribution in [-0.4, -0.2) is 95.5 Å². The first-order chi connectivity index (χ1) is 43.0. The molecule has 0 saturated heterocycles. The van der Waals surface area contributed by atoms with E-state index in [1.807, 2.05) is 76.2 Å². The Morgan fingerprint density at radius 2 is 0.602 bits per heavy atom. The molecule has 4 aliphatic carbocycles. The summed E-state index contributed by atoms with van der Waals surface area (Å²) in [6, 6.07) is 0. The van der Waals surface area contributed by atoms with Crippen molar-refractivity contribution in [2.45, 2.75) is 390 Å². The second-order valence-electron chi connectivity index (χ2n) is 31.4. The Kier molecular flexibility index (Phi) is 52.9. The standard InChI is InChI=1S/C24H44O4.C20H37BrO2.C20H36O4.C8H14O2.C2H4Br2.CH2O2.CH4/c1-22(2,3)28-21(27)24(18-19-24)17-15-13-11-9-7-6-8-10-12-14-16-23(4,5)20(25)26;1-19(2,3)23-18(22)20(15-16-20)14-12-10-8-6-4-5-7-9-11-13-17-21;1-19(2,17(21)22)13-11-9-7-5-3-4-6-8-10-12-14-20(15-16-20)18(23)24;1-8(2,3)10-7(9)6-4-5-6;3-1-2-4;2-1-3;/h6-19H2,1-5H3,(H,25,26);4-17H2,1-3H3;3-16H2,1-2H3,(H,21,22)(H,23,24);6H,4-5H2,1-3H3;1-2H2;1H,(H,2,3);1H4. The number of unbranched alkanes of at least 4 members (excludes halogenated alkanes) is 27. The van der Waals surface area contributed by atoms with Gasteiger partial charge in [-0.15, -0.1) is 0 Å². The summed E-state index contributed by atoms with van der Waals surface area (Å²) in [5.74, 6) is -1.70. The predicted octanol–water partition coefficient (Wildman–Crippen LogP) is 23.2. The molecule has 4 fully saturated rings. The van der Waals surface area contributed by atoms with Crippen LogP contribution in [0.3, 0.4) is 0 Å². The Morgan fingerprint density at radius 1 is 0.376 bits per heavy atom. The van der Waals surface area contributed by atoms with Crippen LogP contribution in [0.1, 0.15) is 374 Å². The highest BCUT2D eigenvalue weighted by atomic mass is 79.9. The van der Waals surface area contributed by atoms with Crippen LogP contribution in [0.25, 0.3) is 0 Å². The first-order valence-corrected chi connectivity index (χ1v) is 39.5. The van der Waals surface area contributed by atoms with E-state index < -0.39 is 28.7 Å². The predicted molar refractivity (Wildman–Crippen MR) is 394 cm³/mol. The number of carboxylic acids is 3. The van der Waals surface area contributed by atoms with Crippen molar-refractivity contribution in [1.29, 1.82) is 0 Å². The topological polar surface area (TPSA) is 228 Å². The minimum absolute atomic E-state index is 0. The quantitative estimate of drug-likeness (QED) is 0.0146. The molecule has 0 bridgehead atoms. The second kappa shape index (κ2) is 51.8. The van der Waals surface area contributed by atoms with Gasteiger partial charge in [-0.1, -0.05) is 241 Å². The van der Waals surface area contributed by atoms with Crippen LogP contribution >= 0.6 is 47.8 Å². The van der Waals surface area contributed by atoms with Gasteiger partial charge in [-0.25, -0.2) is 0 Å². The number of hydrogen-bond donors (Lipinski definition) is 4. The number of carboxylic acid groups (broad SMARTS) is 4. The van der Waals surface area contributed by atoms with Crippen LogP contribution in [0.5, 0.6) is 0 Å². The maximum absolute atomic E-state index is 12.3. The molecule has 4 rings (SSSR count). The van der Waals surface area contributed by atoms with Crippen LogP contribution in [-0.2, 0) is 47.8 Å². The van der Waals surface area contributed by atoms with Crippen molar-refractivity contribution in [2.24, 2.45) is 33.0 Å². The molecule has 0 spiro atoms. The first-order valence-electron chi connectivity index (χ1n) is 36.2. The van der Waals surface area contributed by atoms with Crippen molar-refractivity contribution in [2.75, 3.05) is 16.0 Å². The highest BCUT2D eigenvalue weighted by Gasteiger charge is 2.52. The van der Waals surface area contributed by atoms with Gasteiger partial charge in [0.2, 0.25) is 0 Å². The number of carbonyl (C=O) groups excluding carboxylic acids is 3. The lowest BCUT2D eigenvalue weighted by atomic mass is 9.87. The summed E-state index contributed by atoms with van der Waals surface area (Å²) in [5.41, 5.74) is -2.79.